The van der Waals surface area contributed by atoms with E-state index in [1.807, 2.05) is 12.4 Å². The first kappa shape index (κ1) is 13.4. The number of aromatic nitrogens is 1. The fraction of sp³-hybridized carbons (Fsp3) is 0.688. The molecule has 4 fully saturated rings. The first-order chi connectivity index (χ1) is 8.81. The average Bonchev–Trinajstić information content (AvgIpc) is 2.36. The SMILES string of the molecule is [Cl-].c1cc(C[NH2+]C23CC4CC(CC(C4)C2)C3)ccn1. The number of hydrogen-bond donors (Lipinski definition) is 1. The van der Waals surface area contributed by atoms with Crippen LogP contribution in [0.2, 0.25) is 0 Å². The lowest BCUT2D eigenvalue weighted by Crippen LogP contribution is -3.00. The summed E-state index contributed by atoms with van der Waals surface area (Å²) in [6.45, 7) is 1.15. The van der Waals surface area contributed by atoms with E-state index in [0.29, 0.717) is 5.54 Å². The molecule has 0 unspecified atom stereocenters. The molecule has 19 heavy (non-hydrogen) atoms. The molecule has 0 radical (unpaired) electrons. The molecule has 0 amide bonds. The lowest BCUT2D eigenvalue weighted by Gasteiger charge is -2.54. The summed E-state index contributed by atoms with van der Waals surface area (Å²) in [5.74, 6) is 3.18. The van der Waals surface area contributed by atoms with Gasteiger partial charge in [0.25, 0.3) is 0 Å². The Bertz CT molecular complexity index is 396. The minimum absolute atomic E-state index is 0. The maximum atomic E-state index is 4.11. The van der Waals surface area contributed by atoms with E-state index in [-0.39, 0.29) is 12.4 Å². The molecule has 0 saturated heterocycles. The summed E-state index contributed by atoms with van der Waals surface area (Å²) in [7, 11) is 0. The van der Waals surface area contributed by atoms with Crippen LogP contribution in [0.3, 0.4) is 0 Å². The maximum absolute atomic E-state index is 4.11. The highest BCUT2D eigenvalue weighted by molar-refractivity contribution is 5.08. The van der Waals surface area contributed by atoms with Crippen LogP contribution >= 0.6 is 0 Å². The second-order valence-electron chi connectivity index (χ2n) is 7.04. The molecule has 2 N–H and O–H groups in total. The zero-order valence-corrected chi connectivity index (χ0v) is 12.1. The van der Waals surface area contributed by atoms with Crippen LogP contribution < -0.4 is 17.7 Å². The zero-order chi connectivity index (χ0) is 12.0. The first-order valence-corrected chi connectivity index (χ1v) is 7.55. The Hall–Kier alpha value is -0.600. The van der Waals surface area contributed by atoms with Crippen LogP contribution in [0, 0.1) is 17.8 Å². The molecule has 4 aliphatic rings. The van der Waals surface area contributed by atoms with Gasteiger partial charge < -0.3 is 17.7 Å². The summed E-state index contributed by atoms with van der Waals surface area (Å²) >= 11 is 0. The molecule has 0 aliphatic heterocycles. The van der Waals surface area contributed by atoms with E-state index in [1.165, 1.54) is 24.8 Å². The molecule has 104 valence electrons. The largest absolute Gasteiger partial charge is 1.00 e. The summed E-state index contributed by atoms with van der Waals surface area (Å²) in [6.07, 6.45) is 12.9. The van der Waals surface area contributed by atoms with E-state index in [4.69, 9.17) is 0 Å². The normalized spacial score (nSPS) is 39.1. The summed E-state index contributed by atoms with van der Waals surface area (Å²) < 4.78 is 0. The molecule has 2 nitrogen and oxygen atoms in total. The van der Waals surface area contributed by atoms with Gasteiger partial charge in [-0.05, 0) is 49.1 Å². The van der Waals surface area contributed by atoms with Gasteiger partial charge in [-0.15, -0.1) is 0 Å². The molecular weight excluding hydrogens is 256 g/mol. The van der Waals surface area contributed by atoms with E-state index >= 15 is 0 Å². The molecular formula is C16H23ClN2. The van der Waals surface area contributed by atoms with Gasteiger partial charge in [-0.2, -0.15) is 0 Å². The third kappa shape index (κ3) is 2.53. The van der Waals surface area contributed by atoms with Gasteiger partial charge >= 0.3 is 0 Å². The quantitative estimate of drug-likeness (QED) is 0.765. The lowest BCUT2D eigenvalue weighted by atomic mass is 9.53. The van der Waals surface area contributed by atoms with Crippen LogP contribution in [0.1, 0.15) is 44.1 Å². The topological polar surface area (TPSA) is 29.5 Å². The first-order valence-electron chi connectivity index (χ1n) is 7.55. The Kier molecular flexibility index (Phi) is 3.57. The van der Waals surface area contributed by atoms with Crippen molar-refractivity contribution in [1.82, 2.24) is 4.98 Å². The fourth-order valence-electron chi connectivity index (χ4n) is 5.28. The van der Waals surface area contributed by atoms with Crippen LogP contribution in [-0.2, 0) is 6.54 Å². The van der Waals surface area contributed by atoms with Crippen LogP contribution in [-0.4, -0.2) is 10.5 Å². The van der Waals surface area contributed by atoms with E-state index in [2.05, 4.69) is 22.4 Å². The molecule has 1 heterocycles. The Labute approximate surface area is 121 Å². The van der Waals surface area contributed by atoms with Crippen molar-refractivity contribution >= 4 is 0 Å². The maximum Gasteiger partial charge on any atom is 0.102 e. The standard InChI is InChI=1S/C16H22N2.ClH/c1-3-17-4-2-12(1)11-18-16-8-13-5-14(9-16)7-15(6-13)10-16;/h1-4,13-15,18H,5-11H2;1H. The Morgan fingerprint density at radius 3 is 2.05 bits per heavy atom. The van der Waals surface area contributed by atoms with Gasteiger partial charge in [0.05, 0.1) is 5.54 Å². The van der Waals surface area contributed by atoms with Crippen molar-refractivity contribution in [2.75, 3.05) is 0 Å². The highest BCUT2D eigenvalue weighted by atomic mass is 35.5. The third-order valence-corrected chi connectivity index (χ3v) is 5.61. The van der Waals surface area contributed by atoms with Gasteiger partial charge in [-0.3, -0.25) is 4.98 Å². The minimum Gasteiger partial charge on any atom is -1.00 e. The van der Waals surface area contributed by atoms with Crippen LogP contribution in [0.15, 0.2) is 24.5 Å². The van der Waals surface area contributed by atoms with Gasteiger partial charge in [0.1, 0.15) is 6.54 Å². The highest BCUT2D eigenvalue weighted by Gasteiger charge is 2.53. The zero-order valence-electron chi connectivity index (χ0n) is 11.4. The molecule has 1 aromatic rings. The minimum atomic E-state index is 0. The Balaban J connectivity index is 0.00000110. The van der Waals surface area contributed by atoms with E-state index in [9.17, 15) is 0 Å². The number of pyridine rings is 1. The molecule has 4 bridgehead atoms. The number of nitrogens with zero attached hydrogens (tertiary/aromatic N) is 1. The molecule has 1 aromatic heterocycles. The monoisotopic (exact) mass is 278 g/mol. The predicted octanol–water partition coefficient (Wildman–Crippen LogP) is -0.882. The number of halogens is 1. The van der Waals surface area contributed by atoms with Crippen molar-refractivity contribution in [3.8, 4) is 0 Å². The molecule has 3 heteroatoms. The molecule has 5 rings (SSSR count). The number of nitrogens with two attached hydrogens (primary N) is 1. The van der Waals surface area contributed by atoms with Crippen molar-refractivity contribution in [2.45, 2.75) is 50.6 Å². The van der Waals surface area contributed by atoms with E-state index in [0.717, 1.165) is 24.3 Å². The Morgan fingerprint density at radius 1 is 1.00 bits per heavy atom. The van der Waals surface area contributed by atoms with Gasteiger partial charge in [0, 0.05) is 37.2 Å². The number of quaternary nitrogens is 1. The smallest absolute Gasteiger partial charge is 0.102 e. The van der Waals surface area contributed by atoms with Gasteiger partial charge in [0.2, 0.25) is 0 Å². The van der Waals surface area contributed by atoms with E-state index < -0.39 is 0 Å². The molecule has 0 atom stereocenters. The second-order valence-corrected chi connectivity index (χ2v) is 7.04. The molecule has 4 aliphatic carbocycles. The summed E-state index contributed by atoms with van der Waals surface area (Å²) in [5, 5.41) is 2.67. The van der Waals surface area contributed by atoms with Crippen molar-refractivity contribution in [1.29, 1.82) is 0 Å². The summed E-state index contributed by atoms with van der Waals surface area (Å²) in [5.41, 5.74) is 2.04. The predicted molar refractivity (Wildman–Crippen MR) is 70.8 cm³/mol. The van der Waals surface area contributed by atoms with E-state index in [1.54, 1.807) is 19.3 Å². The summed E-state index contributed by atoms with van der Waals surface area (Å²) in [6, 6.07) is 4.33. The fourth-order valence-corrected chi connectivity index (χ4v) is 5.28. The highest BCUT2D eigenvalue weighted by Crippen LogP contribution is 2.54. The second kappa shape index (κ2) is 5.06. The van der Waals surface area contributed by atoms with Gasteiger partial charge in [-0.25, -0.2) is 0 Å². The lowest BCUT2D eigenvalue weighted by molar-refractivity contribution is -0.752. The third-order valence-electron chi connectivity index (χ3n) is 5.61. The Morgan fingerprint density at radius 2 is 1.53 bits per heavy atom. The number of rotatable bonds is 3. The molecule has 4 saturated carbocycles. The van der Waals surface area contributed by atoms with Gasteiger partial charge in [0.15, 0.2) is 0 Å². The average molecular weight is 279 g/mol. The number of hydrogen-bond acceptors (Lipinski definition) is 1. The molecule has 0 spiro atoms. The van der Waals surface area contributed by atoms with Crippen LogP contribution in [0.5, 0.6) is 0 Å². The summed E-state index contributed by atoms with van der Waals surface area (Å²) in [4.78, 5) is 4.11. The van der Waals surface area contributed by atoms with Crippen molar-refractivity contribution in [3.05, 3.63) is 30.1 Å². The van der Waals surface area contributed by atoms with Crippen LogP contribution in [0.25, 0.3) is 0 Å². The van der Waals surface area contributed by atoms with Crippen LogP contribution in [0.4, 0.5) is 0 Å². The van der Waals surface area contributed by atoms with Crippen molar-refractivity contribution in [3.63, 3.8) is 0 Å². The van der Waals surface area contributed by atoms with Crippen molar-refractivity contribution < 1.29 is 17.7 Å². The molecule has 0 aromatic carbocycles. The van der Waals surface area contributed by atoms with Crippen molar-refractivity contribution in [2.24, 2.45) is 17.8 Å². The van der Waals surface area contributed by atoms with Gasteiger partial charge in [-0.1, -0.05) is 0 Å².